The van der Waals surface area contributed by atoms with Crippen LogP contribution in [0.4, 0.5) is 5.69 Å². The van der Waals surface area contributed by atoms with Crippen LogP contribution in [-0.2, 0) is 11.2 Å². The molecule has 1 aliphatic heterocycles. The van der Waals surface area contributed by atoms with Gasteiger partial charge in [-0.3, -0.25) is 4.79 Å². The highest BCUT2D eigenvalue weighted by atomic mass is 32.2. The lowest BCUT2D eigenvalue weighted by molar-refractivity contribution is -0.121. The molecule has 0 bridgehead atoms. The molecule has 1 unspecified atom stereocenters. The van der Waals surface area contributed by atoms with Gasteiger partial charge in [-0.2, -0.15) is 11.8 Å². The summed E-state index contributed by atoms with van der Waals surface area (Å²) in [6.07, 6.45) is 2.79. The molecule has 1 aliphatic rings. The second-order valence-electron chi connectivity index (χ2n) is 6.49. The third kappa shape index (κ3) is 4.65. The molecule has 1 aromatic heterocycles. The van der Waals surface area contributed by atoms with Gasteiger partial charge in [-0.05, 0) is 26.0 Å². The maximum absolute atomic E-state index is 12.9. The molecule has 3 rings (SSSR count). The molecular weight excluding hydrogens is 346 g/mol. The molecule has 0 aliphatic carbocycles. The number of thioether (sulfide) groups is 1. The Kier molecular flexibility index (Phi) is 6.68. The highest BCUT2D eigenvalue weighted by Crippen LogP contribution is 2.18. The molecule has 1 atom stereocenters. The van der Waals surface area contributed by atoms with Gasteiger partial charge in [-0.15, -0.1) is 5.10 Å². The van der Waals surface area contributed by atoms with Crippen molar-refractivity contribution in [2.75, 3.05) is 42.6 Å². The number of rotatable bonds is 7. The Labute approximate surface area is 159 Å². The zero-order chi connectivity index (χ0) is 18.4. The highest BCUT2D eigenvalue weighted by Gasteiger charge is 2.23. The van der Waals surface area contributed by atoms with Gasteiger partial charge in [0.25, 0.3) is 5.91 Å². The normalized spacial score (nSPS) is 16.4. The fourth-order valence-electron chi connectivity index (χ4n) is 3.13. The van der Waals surface area contributed by atoms with Crippen LogP contribution in [0.15, 0.2) is 36.5 Å². The van der Waals surface area contributed by atoms with E-state index < -0.39 is 0 Å². The fraction of sp³-hybridized carbons (Fsp3) is 0.526. The van der Waals surface area contributed by atoms with E-state index in [9.17, 15) is 4.79 Å². The molecule has 1 saturated heterocycles. The molecule has 1 amide bonds. The quantitative estimate of drug-likeness (QED) is 0.746. The SMILES string of the molecule is CCN(C(=O)C(C)n1cc(CCN2CCSCC2)nn1)c1ccccc1. The van der Waals surface area contributed by atoms with Gasteiger partial charge < -0.3 is 9.80 Å². The van der Waals surface area contributed by atoms with Gasteiger partial charge >= 0.3 is 0 Å². The molecule has 0 radical (unpaired) electrons. The van der Waals surface area contributed by atoms with Crippen LogP contribution in [0.25, 0.3) is 0 Å². The lowest BCUT2D eigenvalue weighted by Crippen LogP contribution is -2.36. The maximum Gasteiger partial charge on any atom is 0.251 e. The number of amides is 1. The molecular formula is C19H27N5OS. The first-order valence-corrected chi connectivity index (χ1v) is 10.4. The number of benzene rings is 1. The lowest BCUT2D eigenvalue weighted by Gasteiger charge is -2.25. The molecule has 7 heteroatoms. The summed E-state index contributed by atoms with van der Waals surface area (Å²) in [4.78, 5) is 17.2. The van der Waals surface area contributed by atoms with Crippen LogP contribution in [0.5, 0.6) is 0 Å². The minimum absolute atomic E-state index is 0.0307. The Bertz CT molecular complexity index is 699. The molecule has 2 aromatic rings. The van der Waals surface area contributed by atoms with Crippen molar-refractivity contribution in [2.45, 2.75) is 26.3 Å². The van der Waals surface area contributed by atoms with Crippen molar-refractivity contribution < 1.29 is 4.79 Å². The van der Waals surface area contributed by atoms with Crippen LogP contribution in [0.3, 0.4) is 0 Å². The van der Waals surface area contributed by atoms with Gasteiger partial charge in [0.2, 0.25) is 0 Å². The van der Waals surface area contributed by atoms with Crippen molar-refractivity contribution in [1.29, 1.82) is 0 Å². The molecule has 1 fully saturated rings. The summed E-state index contributed by atoms with van der Waals surface area (Å²) in [5.41, 5.74) is 1.86. The van der Waals surface area contributed by atoms with Gasteiger partial charge in [-0.1, -0.05) is 23.4 Å². The number of hydrogen-bond acceptors (Lipinski definition) is 5. The molecule has 6 nitrogen and oxygen atoms in total. The average Bonchev–Trinajstić information content (AvgIpc) is 3.17. The predicted octanol–water partition coefficient (Wildman–Crippen LogP) is 2.48. The summed E-state index contributed by atoms with van der Waals surface area (Å²) < 4.78 is 1.69. The fourth-order valence-corrected chi connectivity index (χ4v) is 4.11. The summed E-state index contributed by atoms with van der Waals surface area (Å²) in [5.74, 6) is 2.46. The molecule has 0 saturated carbocycles. The van der Waals surface area contributed by atoms with Crippen molar-refractivity contribution >= 4 is 23.4 Å². The number of aromatic nitrogens is 3. The topological polar surface area (TPSA) is 54.3 Å². The Morgan fingerprint density at radius 1 is 1.27 bits per heavy atom. The Hall–Kier alpha value is -1.86. The highest BCUT2D eigenvalue weighted by molar-refractivity contribution is 7.99. The van der Waals surface area contributed by atoms with Crippen LogP contribution in [0, 0.1) is 0 Å². The van der Waals surface area contributed by atoms with E-state index in [1.165, 1.54) is 11.5 Å². The standard InChI is InChI=1S/C19H27N5OS/c1-3-23(18-7-5-4-6-8-18)19(25)16(2)24-15-17(20-21-24)9-10-22-11-13-26-14-12-22/h4-8,15-16H,3,9-14H2,1-2H3. The zero-order valence-electron chi connectivity index (χ0n) is 15.5. The molecule has 1 aromatic carbocycles. The summed E-state index contributed by atoms with van der Waals surface area (Å²) in [6.45, 7) is 7.80. The number of anilines is 1. The number of hydrogen-bond donors (Lipinski definition) is 0. The Morgan fingerprint density at radius 3 is 2.69 bits per heavy atom. The largest absolute Gasteiger partial charge is 0.311 e. The summed E-state index contributed by atoms with van der Waals surface area (Å²) in [7, 11) is 0. The predicted molar refractivity (Wildman–Crippen MR) is 107 cm³/mol. The maximum atomic E-state index is 12.9. The van der Waals surface area contributed by atoms with E-state index in [0.29, 0.717) is 6.54 Å². The van der Waals surface area contributed by atoms with Gasteiger partial charge in [0.05, 0.1) is 5.69 Å². The first-order valence-electron chi connectivity index (χ1n) is 9.26. The van der Waals surface area contributed by atoms with Gasteiger partial charge in [0.15, 0.2) is 0 Å². The minimum atomic E-state index is -0.372. The van der Waals surface area contributed by atoms with Crippen molar-refractivity contribution in [3.05, 3.63) is 42.2 Å². The third-order valence-electron chi connectivity index (χ3n) is 4.75. The van der Waals surface area contributed by atoms with E-state index in [4.69, 9.17) is 0 Å². The summed E-state index contributed by atoms with van der Waals surface area (Å²) in [6, 6.07) is 9.39. The monoisotopic (exact) mass is 373 g/mol. The van der Waals surface area contributed by atoms with Crippen LogP contribution in [-0.4, -0.2) is 63.5 Å². The van der Waals surface area contributed by atoms with Gasteiger partial charge in [-0.25, -0.2) is 4.68 Å². The minimum Gasteiger partial charge on any atom is -0.311 e. The van der Waals surface area contributed by atoms with E-state index in [0.717, 1.165) is 37.4 Å². The molecule has 0 N–H and O–H groups in total. The first-order chi connectivity index (χ1) is 12.7. The number of nitrogens with zero attached hydrogens (tertiary/aromatic N) is 5. The molecule has 0 spiro atoms. The van der Waals surface area contributed by atoms with Crippen molar-refractivity contribution in [2.24, 2.45) is 0 Å². The second-order valence-corrected chi connectivity index (χ2v) is 7.71. The van der Waals surface area contributed by atoms with E-state index in [1.54, 1.807) is 9.58 Å². The molecule has 140 valence electrons. The van der Waals surface area contributed by atoms with E-state index in [-0.39, 0.29) is 11.9 Å². The van der Waals surface area contributed by atoms with E-state index in [1.807, 2.05) is 62.1 Å². The first kappa shape index (κ1) is 18.9. The number of para-hydroxylation sites is 1. The van der Waals surface area contributed by atoms with Crippen molar-refractivity contribution in [3.8, 4) is 0 Å². The summed E-state index contributed by atoms with van der Waals surface area (Å²) >= 11 is 2.02. The van der Waals surface area contributed by atoms with Crippen LogP contribution < -0.4 is 4.90 Å². The van der Waals surface area contributed by atoms with Crippen LogP contribution in [0.2, 0.25) is 0 Å². The van der Waals surface area contributed by atoms with Gasteiger partial charge in [0, 0.05) is 56.0 Å². The number of carbonyl (C=O) groups excluding carboxylic acids is 1. The number of carbonyl (C=O) groups is 1. The van der Waals surface area contributed by atoms with Crippen LogP contribution >= 0.6 is 11.8 Å². The van der Waals surface area contributed by atoms with Crippen molar-refractivity contribution in [1.82, 2.24) is 19.9 Å². The van der Waals surface area contributed by atoms with E-state index >= 15 is 0 Å². The zero-order valence-corrected chi connectivity index (χ0v) is 16.4. The number of likely N-dealkylation sites (N-methyl/N-ethyl adjacent to an activating group) is 1. The Morgan fingerprint density at radius 2 is 2.00 bits per heavy atom. The average molecular weight is 374 g/mol. The third-order valence-corrected chi connectivity index (χ3v) is 5.69. The molecule has 2 heterocycles. The molecule has 26 heavy (non-hydrogen) atoms. The van der Waals surface area contributed by atoms with Crippen LogP contribution in [0.1, 0.15) is 25.6 Å². The Balaban J connectivity index is 1.61. The smallest absolute Gasteiger partial charge is 0.251 e. The van der Waals surface area contributed by atoms with E-state index in [2.05, 4.69) is 15.2 Å². The second kappa shape index (κ2) is 9.19. The summed E-state index contributed by atoms with van der Waals surface area (Å²) in [5, 5.41) is 8.48. The van der Waals surface area contributed by atoms with Crippen molar-refractivity contribution in [3.63, 3.8) is 0 Å². The van der Waals surface area contributed by atoms with Gasteiger partial charge in [0.1, 0.15) is 6.04 Å². The lowest BCUT2D eigenvalue weighted by atomic mass is 10.2.